The zero-order valence-corrected chi connectivity index (χ0v) is 13.3. The highest BCUT2D eigenvalue weighted by molar-refractivity contribution is 5.75. The van der Waals surface area contributed by atoms with Gasteiger partial charge in [0.25, 0.3) is 0 Å². The highest BCUT2D eigenvalue weighted by atomic mass is 15.1. The summed E-state index contributed by atoms with van der Waals surface area (Å²) in [7, 11) is 0. The SMILES string of the molecule is CCCn1c(CN[C@@H](C)C2CCCC2)nc2ccccc21. The van der Waals surface area contributed by atoms with E-state index in [1.54, 1.807) is 0 Å². The van der Waals surface area contributed by atoms with Crippen molar-refractivity contribution in [3.8, 4) is 0 Å². The normalized spacial score (nSPS) is 17.6. The van der Waals surface area contributed by atoms with Crippen LogP contribution in [0, 0.1) is 5.92 Å². The van der Waals surface area contributed by atoms with Gasteiger partial charge in [0.05, 0.1) is 17.6 Å². The van der Waals surface area contributed by atoms with Crippen molar-refractivity contribution in [3.05, 3.63) is 30.1 Å². The molecule has 0 spiro atoms. The Bertz CT molecular complexity index is 581. The molecule has 1 saturated carbocycles. The number of aromatic nitrogens is 2. The lowest BCUT2D eigenvalue weighted by Gasteiger charge is -2.20. The highest BCUT2D eigenvalue weighted by Crippen LogP contribution is 2.27. The minimum Gasteiger partial charge on any atom is -0.327 e. The summed E-state index contributed by atoms with van der Waals surface area (Å²) in [5.41, 5.74) is 2.39. The Morgan fingerprint density at radius 1 is 1.29 bits per heavy atom. The maximum Gasteiger partial charge on any atom is 0.123 e. The fraction of sp³-hybridized carbons (Fsp3) is 0.611. The van der Waals surface area contributed by atoms with Crippen LogP contribution in [0.2, 0.25) is 0 Å². The first-order valence-corrected chi connectivity index (χ1v) is 8.47. The third-order valence-electron chi connectivity index (χ3n) is 4.87. The number of aryl methyl sites for hydroxylation is 1. The van der Waals surface area contributed by atoms with Crippen LogP contribution in [0.3, 0.4) is 0 Å². The summed E-state index contributed by atoms with van der Waals surface area (Å²) in [4.78, 5) is 4.83. The number of rotatable bonds is 6. The molecule has 1 aliphatic rings. The smallest absolute Gasteiger partial charge is 0.123 e. The van der Waals surface area contributed by atoms with Gasteiger partial charge in [0.15, 0.2) is 0 Å². The monoisotopic (exact) mass is 285 g/mol. The number of benzene rings is 1. The van der Waals surface area contributed by atoms with E-state index in [-0.39, 0.29) is 0 Å². The van der Waals surface area contributed by atoms with Gasteiger partial charge >= 0.3 is 0 Å². The molecule has 1 aromatic carbocycles. The zero-order valence-electron chi connectivity index (χ0n) is 13.3. The van der Waals surface area contributed by atoms with Crippen molar-refractivity contribution in [1.82, 2.24) is 14.9 Å². The average molecular weight is 285 g/mol. The van der Waals surface area contributed by atoms with Gasteiger partial charge in [0.2, 0.25) is 0 Å². The summed E-state index contributed by atoms with van der Waals surface area (Å²) in [5.74, 6) is 2.04. The molecule has 1 N–H and O–H groups in total. The Morgan fingerprint density at radius 3 is 2.81 bits per heavy atom. The van der Waals surface area contributed by atoms with Crippen LogP contribution >= 0.6 is 0 Å². The topological polar surface area (TPSA) is 29.9 Å². The Morgan fingerprint density at radius 2 is 2.05 bits per heavy atom. The molecule has 1 aromatic heterocycles. The van der Waals surface area contributed by atoms with Crippen molar-refractivity contribution < 1.29 is 0 Å². The molecule has 114 valence electrons. The van der Waals surface area contributed by atoms with Crippen molar-refractivity contribution in [2.24, 2.45) is 5.92 Å². The Kier molecular flexibility index (Phi) is 4.59. The molecule has 3 nitrogen and oxygen atoms in total. The van der Waals surface area contributed by atoms with E-state index >= 15 is 0 Å². The van der Waals surface area contributed by atoms with Gasteiger partial charge in [0.1, 0.15) is 5.82 Å². The third kappa shape index (κ3) is 3.13. The van der Waals surface area contributed by atoms with Crippen LogP contribution in [-0.2, 0) is 13.1 Å². The van der Waals surface area contributed by atoms with E-state index in [0.29, 0.717) is 6.04 Å². The van der Waals surface area contributed by atoms with Crippen LogP contribution in [0.5, 0.6) is 0 Å². The van der Waals surface area contributed by atoms with Gasteiger partial charge in [-0.1, -0.05) is 31.9 Å². The minimum atomic E-state index is 0.599. The molecule has 1 heterocycles. The molecular weight excluding hydrogens is 258 g/mol. The lowest BCUT2D eigenvalue weighted by molar-refractivity contribution is 0.374. The minimum absolute atomic E-state index is 0.599. The van der Waals surface area contributed by atoms with E-state index in [9.17, 15) is 0 Å². The molecule has 0 amide bonds. The Labute approximate surface area is 127 Å². The molecule has 0 bridgehead atoms. The van der Waals surface area contributed by atoms with Crippen molar-refractivity contribution in [2.45, 2.75) is 65.1 Å². The van der Waals surface area contributed by atoms with Gasteiger partial charge in [-0.15, -0.1) is 0 Å². The second-order valence-electron chi connectivity index (χ2n) is 6.38. The summed E-state index contributed by atoms with van der Waals surface area (Å²) < 4.78 is 2.38. The lowest BCUT2D eigenvalue weighted by atomic mass is 10.00. The van der Waals surface area contributed by atoms with E-state index in [1.807, 2.05) is 0 Å². The molecule has 0 aliphatic heterocycles. The predicted molar refractivity (Wildman–Crippen MR) is 88.3 cm³/mol. The van der Waals surface area contributed by atoms with Gasteiger partial charge in [-0.2, -0.15) is 0 Å². The van der Waals surface area contributed by atoms with Crippen molar-refractivity contribution in [2.75, 3.05) is 0 Å². The largest absolute Gasteiger partial charge is 0.327 e. The first kappa shape index (κ1) is 14.6. The fourth-order valence-corrected chi connectivity index (χ4v) is 3.61. The van der Waals surface area contributed by atoms with E-state index in [0.717, 1.165) is 30.9 Å². The van der Waals surface area contributed by atoms with Crippen LogP contribution in [0.25, 0.3) is 11.0 Å². The van der Waals surface area contributed by atoms with Crippen LogP contribution in [-0.4, -0.2) is 15.6 Å². The van der Waals surface area contributed by atoms with Crippen molar-refractivity contribution in [1.29, 1.82) is 0 Å². The first-order valence-electron chi connectivity index (χ1n) is 8.47. The van der Waals surface area contributed by atoms with Gasteiger partial charge in [-0.25, -0.2) is 4.98 Å². The number of para-hydroxylation sites is 2. The molecule has 1 fully saturated rings. The molecular formula is C18H27N3. The van der Waals surface area contributed by atoms with Crippen molar-refractivity contribution in [3.63, 3.8) is 0 Å². The average Bonchev–Trinajstić information content (AvgIpc) is 3.14. The maximum atomic E-state index is 4.83. The van der Waals surface area contributed by atoms with Gasteiger partial charge in [-0.3, -0.25) is 0 Å². The number of hydrogen-bond acceptors (Lipinski definition) is 2. The van der Waals surface area contributed by atoms with Crippen LogP contribution in [0.4, 0.5) is 0 Å². The molecule has 0 saturated heterocycles. The second-order valence-corrected chi connectivity index (χ2v) is 6.38. The van der Waals surface area contributed by atoms with E-state index < -0.39 is 0 Å². The predicted octanol–water partition coefficient (Wildman–Crippen LogP) is 4.11. The Hall–Kier alpha value is -1.35. The number of nitrogens with zero attached hydrogens (tertiary/aromatic N) is 2. The van der Waals surface area contributed by atoms with Crippen LogP contribution in [0.15, 0.2) is 24.3 Å². The highest BCUT2D eigenvalue weighted by Gasteiger charge is 2.21. The van der Waals surface area contributed by atoms with E-state index in [2.05, 4.69) is 48.0 Å². The quantitative estimate of drug-likeness (QED) is 0.865. The van der Waals surface area contributed by atoms with Gasteiger partial charge in [0, 0.05) is 12.6 Å². The molecule has 2 aromatic rings. The van der Waals surface area contributed by atoms with Crippen LogP contribution in [0.1, 0.15) is 51.8 Å². The number of hydrogen-bond donors (Lipinski definition) is 1. The summed E-state index contributed by atoms with van der Waals surface area (Å²) >= 11 is 0. The fourth-order valence-electron chi connectivity index (χ4n) is 3.61. The molecule has 3 rings (SSSR count). The van der Waals surface area contributed by atoms with Gasteiger partial charge < -0.3 is 9.88 Å². The Balaban J connectivity index is 1.74. The molecule has 0 unspecified atom stereocenters. The molecule has 1 aliphatic carbocycles. The molecule has 1 atom stereocenters. The summed E-state index contributed by atoms with van der Waals surface area (Å²) in [6, 6.07) is 9.08. The van der Waals surface area contributed by atoms with E-state index in [4.69, 9.17) is 4.98 Å². The van der Waals surface area contributed by atoms with E-state index in [1.165, 1.54) is 37.0 Å². The van der Waals surface area contributed by atoms with Crippen LogP contribution < -0.4 is 5.32 Å². The molecule has 0 radical (unpaired) electrons. The number of nitrogens with one attached hydrogen (secondary N) is 1. The molecule has 3 heteroatoms. The third-order valence-corrected chi connectivity index (χ3v) is 4.87. The van der Waals surface area contributed by atoms with Crippen molar-refractivity contribution >= 4 is 11.0 Å². The summed E-state index contributed by atoms with van der Waals surface area (Å²) in [6.45, 7) is 6.50. The molecule has 21 heavy (non-hydrogen) atoms. The first-order chi connectivity index (χ1) is 10.3. The lowest BCUT2D eigenvalue weighted by Crippen LogP contribution is -2.32. The standard InChI is InChI=1S/C18H27N3/c1-3-12-21-17-11-7-6-10-16(17)20-18(21)13-19-14(2)15-8-4-5-9-15/h6-7,10-11,14-15,19H,3-5,8-9,12-13H2,1-2H3/t14-/m0/s1. The number of imidazole rings is 1. The summed E-state index contributed by atoms with van der Waals surface area (Å²) in [6.07, 6.45) is 6.74. The number of fused-ring (bicyclic) bond motifs is 1. The summed E-state index contributed by atoms with van der Waals surface area (Å²) in [5, 5.41) is 3.72. The zero-order chi connectivity index (χ0) is 14.7. The second kappa shape index (κ2) is 6.61. The maximum absolute atomic E-state index is 4.83. The van der Waals surface area contributed by atoms with Gasteiger partial charge in [-0.05, 0) is 44.2 Å².